The van der Waals surface area contributed by atoms with Gasteiger partial charge in [0.15, 0.2) is 0 Å². The second-order valence-electron chi connectivity index (χ2n) is 6.81. The van der Waals surface area contributed by atoms with E-state index in [0.29, 0.717) is 5.56 Å². The number of ether oxygens (including phenoxy) is 1. The van der Waals surface area contributed by atoms with E-state index in [4.69, 9.17) is 9.84 Å². The summed E-state index contributed by atoms with van der Waals surface area (Å²) in [6.45, 7) is 10.5. The van der Waals surface area contributed by atoms with E-state index in [1.807, 2.05) is 26.8 Å². The number of carbonyl (C=O) groups excluding carboxylic acids is 1. The van der Waals surface area contributed by atoms with E-state index in [2.05, 4.69) is 14.8 Å². The van der Waals surface area contributed by atoms with Crippen LogP contribution < -0.4 is 4.90 Å². The Balaban J connectivity index is 1.89. The SMILES string of the molecule is CC(C)(C)OC(=O)c1ccc(N2CCN(CCCO)CC2)nc1. The van der Waals surface area contributed by atoms with Gasteiger partial charge in [-0.15, -0.1) is 0 Å². The largest absolute Gasteiger partial charge is 0.456 e. The third kappa shape index (κ3) is 5.48. The normalized spacial score (nSPS) is 16.4. The number of rotatable bonds is 5. The molecule has 0 aliphatic carbocycles. The highest BCUT2D eigenvalue weighted by Crippen LogP contribution is 2.16. The maximum Gasteiger partial charge on any atom is 0.340 e. The van der Waals surface area contributed by atoms with Crippen LogP contribution in [0.25, 0.3) is 0 Å². The van der Waals surface area contributed by atoms with Gasteiger partial charge in [-0.25, -0.2) is 9.78 Å². The van der Waals surface area contributed by atoms with Crippen LogP contribution >= 0.6 is 0 Å². The lowest BCUT2D eigenvalue weighted by molar-refractivity contribution is 0.00691. The Morgan fingerprint density at radius 3 is 2.48 bits per heavy atom. The van der Waals surface area contributed by atoms with E-state index >= 15 is 0 Å². The fraction of sp³-hybridized carbons (Fsp3) is 0.647. The maximum atomic E-state index is 12.0. The topological polar surface area (TPSA) is 65.9 Å². The van der Waals surface area contributed by atoms with E-state index in [-0.39, 0.29) is 12.6 Å². The molecule has 0 unspecified atom stereocenters. The lowest BCUT2D eigenvalue weighted by Gasteiger charge is -2.35. The van der Waals surface area contributed by atoms with Crippen molar-refractivity contribution in [2.75, 3.05) is 44.2 Å². The molecule has 1 fully saturated rings. The maximum absolute atomic E-state index is 12.0. The van der Waals surface area contributed by atoms with Gasteiger partial charge in [-0.3, -0.25) is 4.90 Å². The number of carbonyl (C=O) groups is 1. The van der Waals surface area contributed by atoms with Crippen LogP contribution in [0.5, 0.6) is 0 Å². The molecule has 128 valence electrons. The summed E-state index contributed by atoms with van der Waals surface area (Å²) < 4.78 is 5.34. The second-order valence-corrected chi connectivity index (χ2v) is 6.81. The number of aliphatic hydroxyl groups is 1. The van der Waals surface area contributed by atoms with Crippen LogP contribution in [0.15, 0.2) is 18.3 Å². The fourth-order valence-corrected chi connectivity index (χ4v) is 2.53. The summed E-state index contributed by atoms with van der Waals surface area (Å²) in [6, 6.07) is 3.65. The first kappa shape index (κ1) is 17.7. The highest BCUT2D eigenvalue weighted by atomic mass is 16.6. The van der Waals surface area contributed by atoms with E-state index in [1.54, 1.807) is 12.3 Å². The molecule has 0 saturated carbocycles. The molecule has 2 heterocycles. The van der Waals surface area contributed by atoms with E-state index in [1.165, 1.54) is 0 Å². The number of piperazine rings is 1. The minimum absolute atomic E-state index is 0.244. The van der Waals surface area contributed by atoms with E-state index in [0.717, 1.165) is 45.0 Å². The van der Waals surface area contributed by atoms with Gasteiger partial charge in [0.05, 0.1) is 5.56 Å². The highest BCUT2D eigenvalue weighted by Gasteiger charge is 2.20. The predicted molar refractivity (Wildman–Crippen MR) is 89.8 cm³/mol. The Labute approximate surface area is 138 Å². The lowest BCUT2D eigenvalue weighted by Crippen LogP contribution is -2.47. The average Bonchev–Trinajstić information content (AvgIpc) is 2.52. The molecule has 0 atom stereocenters. The van der Waals surface area contributed by atoms with Gasteiger partial charge in [-0.2, -0.15) is 0 Å². The first-order valence-corrected chi connectivity index (χ1v) is 8.16. The Morgan fingerprint density at radius 2 is 1.96 bits per heavy atom. The molecule has 1 saturated heterocycles. The number of hydrogen-bond donors (Lipinski definition) is 1. The molecule has 1 aliphatic rings. The average molecular weight is 321 g/mol. The predicted octanol–water partition coefficient (Wildman–Crippen LogP) is 1.54. The minimum Gasteiger partial charge on any atom is -0.456 e. The van der Waals surface area contributed by atoms with Crippen LogP contribution in [0.3, 0.4) is 0 Å². The molecule has 1 aliphatic heterocycles. The zero-order valence-corrected chi connectivity index (χ0v) is 14.3. The molecule has 0 bridgehead atoms. The fourth-order valence-electron chi connectivity index (χ4n) is 2.53. The number of aliphatic hydroxyl groups excluding tert-OH is 1. The Hall–Kier alpha value is -1.66. The number of hydrogen-bond acceptors (Lipinski definition) is 6. The minimum atomic E-state index is -0.499. The van der Waals surface area contributed by atoms with E-state index in [9.17, 15) is 4.79 Å². The number of anilines is 1. The van der Waals surface area contributed by atoms with Crippen LogP contribution in [-0.4, -0.2) is 65.9 Å². The Kier molecular flexibility index (Phi) is 5.96. The summed E-state index contributed by atoms with van der Waals surface area (Å²) >= 11 is 0. The molecule has 0 aromatic carbocycles. The van der Waals surface area contributed by atoms with Crippen LogP contribution in [0.1, 0.15) is 37.6 Å². The van der Waals surface area contributed by atoms with Crippen molar-refractivity contribution in [2.45, 2.75) is 32.8 Å². The van der Waals surface area contributed by atoms with Crippen LogP contribution in [-0.2, 0) is 4.74 Å². The van der Waals surface area contributed by atoms with Crippen molar-refractivity contribution in [1.29, 1.82) is 0 Å². The van der Waals surface area contributed by atoms with Gasteiger partial charge in [-0.1, -0.05) is 0 Å². The third-order valence-corrected chi connectivity index (χ3v) is 3.71. The molecular formula is C17H27N3O3. The molecule has 1 aromatic rings. The van der Waals surface area contributed by atoms with Crippen molar-refractivity contribution in [2.24, 2.45) is 0 Å². The van der Waals surface area contributed by atoms with Crippen molar-refractivity contribution in [3.8, 4) is 0 Å². The summed E-state index contributed by atoms with van der Waals surface area (Å²) in [5.74, 6) is 0.546. The monoisotopic (exact) mass is 321 g/mol. The first-order chi connectivity index (χ1) is 10.9. The van der Waals surface area contributed by atoms with Gasteiger partial charge in [-0.05, 0) is 39.3 Å². The Morgan fingerprint density at radius 1 is 1.26 bits per heavy atom. The molecule has 6 nitrogen and oxygen atoms in total. The zero-order chi connectivity index (χ0) is 16.9. The van der Waals surface area contributed by atoms with Crippen molar-refractivity contribution in [3.63, 3.8) is 0 Å². The smallest absolute Gasteiger partial charge is 0.340 e. The zero-order valence-electron chi connectivity index (χ0n) is 14.3. The highest BCUT2D eigenvalue weighted by molar-refractivity contribution is 5.89. The molecule has 23 heavy (non-hydrogen) atoms. The van der Waals surface area contributed by atoms with E-state index < -0.39 is 5.60 Å². The van der Waals surface area contributed by atoms with Gasteiger partial charge < -0.3 is 14.7 Å². The van der Waals surface area contributed by atoms with Gasteiger partial charge in [0.2, 0.25) is 0 Å². The third-order valence-electron chi connectivity index (χ3n) is 3.71. The molecule has 1 N–H and O–H groups in total. The van der Waals surface area contributed by atoms with Crippen LogP contribution in [0, 0.1) is 0 Å². The molecule has 1 aromatic heterocycles. The van der Waals surface area contributed by atoms with Gasteiger partial charge in [0.25, 0.3) is 0 Å². The molecule has 0 spiro atoms. The molecule has 0 amide bonds. The summed E-state index contributed by atoms with van der Waals surface area (Å²) in [5.41, 5.74) is -0.0223. The summed E-state index contributed by atoms with van der Waals surface area (Å²) in [4.78, 5) is 21.0. The lowest BCUT2D eigenvalue weighted by atomic mass is 10.2. The number of nitrogens with zero attached hydrogens (tertiary/aromatic N) is 3. The van der Waals surface area contributed by atoms with Gasteiger partial charge >= 0.3 is 5.97 Å². The molecule has 2 rings (SSSR count). The van der Waals surface area contributed by atoms with Crippen molar-refractivity contribution in [1.82, 2.24) is 9.88 Å². The van der Waals surface area contributed by atoms with Crippen molar-refractivity contribution < 1.29 is 14.6 Å². The second kappa shape index (κ2) is 7.75. The quantitative estimate of drug-likeness (QED) is 0.830. The van der Waals surface area contributed by atoms with Crippen LogP contribution in [0.4, 0.5) is 5.82 Å². The van der Waals surface area contributed by atoms with Crippen LogP contribution in [0.2, 0.25) is 0 Å². The molecular weight excluding hydrogens is 294 g/mol. The number of pyridine rings is 1. The van der Waals surface area contributed by atoms with Crippen molar-refractivity contribution in [3.05, 3.63) is 23.9 Å². The summed E-state index contributed by atoms with van der Waals surface area (Å²) in [7, 11) is 0. The molecule has 6 heteroatoms. The van der Waals surface area contributed by atoms with Crippen molar-refractivity contribution >= 4 is 11.8 Å². The number of aromatic nitrogens is 1. The standard InChI is InChI=1S/C17H27N3O3/c1-17(2,3)23-16(22)14-5-6-15(18-13-14)20-10-8-19(9-11-20)7-4-12-21/h5-6,13,21H,4,7-12H2,1-3H3. The summed E-state index contributed by atoms with van der Waals surface area (Å²) in [5, 5.41) is 8.88. The van der Waals surface area contributed by atoms with Gasteiger partial charge in [0.1, 0.15) is 11.4 Å². The Bertz CT molecular complexity index is 503. The summed E-state index contributed by atoms with van der Waals surface area (Å²) in [6.07, 6.45) is 2.41. The number of esters is 1. The first-order valence-electron chi connectivity index (χ1n) is 8.16. The van der Waals surface area contributed by atoms with Gasteiger partial charge in [0, 0.05) is 45.5 Å². The molecule has 0 radical (unpaired) electrons.